The van der Waals surface area contributed by atoms with Crippen molar-refractivity contribution in [3.63, 3.8) is 0 Å². The van der Waals surface area contributed by atoms with E-state index in [1.54, 1.807) is 76.3 Å². The monoisotopic (exact) mass is 612 g/mol. The van der Waals surface area contributed by atoms with Gasteiger partial charge >= 0.3 is 12.1 Å². The Balaban J connectivity index is 1.35. The smallest absolute Gasteiger partial charge is 0.411 e. The van der Waals surface area contributed by atoms with Crippen molar-refractivity contribution in [1.29, 1.82) is 0 Å². The molecule has 0 saturated heterocycles. The lowest BCUT2D eigenvalue weighted by atomic mass is 9.92. The summed E-state index contributed by atoms with van der Waals surface area (Å²) in [5, 5.41) is 10.8. The molecule has 3 aromatic rings. The van der Waals surface area contributed by atoms with E-state index >= 15 is 0 Å². The fourth-order valence-electron chi connectivity index (χ4n) is 4.91. The molecule has 0 unspecified atom stereocenters. The highest BCUT2D eigenvalue weighted by Gasteiger charge is 2.40. The average molecular weight is 613 g/mol. The van der Waals surface area contributed by atoms with Crippen LogP contribution < -0.4 is 14.4 Å². The van der Waals surface area contributed by atoms with E-state index in [1.165, 1.54) is 9.80 Å². The number of carbonyl (C=O) groups is 3. The molecule has 2 heterocycles. The molecule has 220 valence electrons. The maximum Gasteiger partial charge on any atom is 0.411 e. The van der Waals surface area contributed by atoms with Gasteiger partial charge in [-0.3, -0.25) is 9.69 Å². The van der Waals surface area contributed by atoms with Gasteiger partial charge in [0, 0.05) is 19.0 Å². The summed E-state index contributed by atoms with van der Waals surface area (Å²) in [6.45, 7) is 5.50. The summed E-state index contributed by atoms with van der Waals surface area (Å²) in [6, 6.07) is 14.8. The normalized spacial score (nSPS) is 18.1. The molecule has 0 aromatic heterocycles. The van der Waals surface area contributed by atoms with Crippen LogP contribution in [0.2, 0.25) is 10.0 Å². The van der Waals surface area contributed by atoms with Crippen molar-refractivity contribution in [3.8, 4) is 11.5 Å². The van der Waals surface area contributed by atoms with Crippen LogP contribution in [-0.2, 0) is 33.9 Å². The molecule has 2 aliphatic heterocycles. The Bertz CT molecular complexity index is 1550. The molecule has 42 heavy (non-hydrogen) atoms. The minimum atomic E-state index is -1.13. The van der Waals surface area contributed by atoms with Crippen molar-refractivity contribution in [2.45, 2.75) is 58.1 Å². The van der Waals surface area contributed by atoms with Gasteiger partial charge in [0.25, 0.3) is 5.91 Å². The van der Waals surface area contributed by atoms with Crippen molar-refractivity contribution in [2.75, 3.05) is 11.9 Å². The van der Waals surface area contributed by atoms with Crippen molar-refractivity contribution in [3.05, 3.63) is 86.9 Å². The first-order valence-electron chi connectivity index (χ1n) is 13.3. The Kier molecular flexibility index (Phi) is 8.00. The molecule has 0 spiro atoms. The molecular weight excluding hydrogens is 583 g/mol. The van der Waals surface area contributed by atoms with Gasteiger partial charge in [-0.25, -0.2) is 9.59 Å². The Labute approximate surface area is 253 Å². The molecule has 2 atom stereocenters. The standard InChI is InChI=1S/C31H30Cl2N2O7/c1-31(2,3)42-30(39)35-15-20-14-26-24(12-19(20)13-25(35)29(37)38)34(4)28(36)27(41-26)18-6-8-21(9-7-18)40-16-17-5-10-22(32)23(33)11-17/h5-12,14,25,27H,13,15-16H2,1-4H3,(H,37,38)/t25-,27-/m0/s1. The largest absolute Gasteiger partial charge is 0.489 e. The second-order valence-corrected chi connectivity index (χ2v) is 12.1. The van der Waals surface area contributed by atoms with Crippen LogP contribution in [0.4, 0.5) is 10.5 Å². The second kappa shape index (κ2) is 11.4. The number of nitrogens with zero attached hydrogens (tertiary/aromatic N) is 2. The number of fused-ring (bicyclic) bond motifs is 2. The van der Waals surface area contributed by atoms with Gasteiger partial charge < -0.3 is 24.2 Å². The fourth-order valence-corrected chi connectivity index (χ4v) is 5.23. The summed E-state index contributed by atoms with van der Waals surface area (Å²) in [7, 11) is 1.66. The maximum absolute atomic E-state index is 13.3. The van der Waals surface area contributed by atoms with E-state index < -0.39 is 29.8 Å². The number of aliphatic carboxylic acids is 1. The predicted octanol–water partition coefficient (Wildman–Crippen LogP) is 6.42. The topological polar surface area (TPSA) is 106 Å². The Hall–Kier alpha value is -3.95. The first kappa shape index (κ1) is 29.5. The molecule has 0 fully saturated rings. The Morgan fingerprint density at radius 3 is 2.38 bits per heavy atom. The van der Waals surface area contributed by atoms with Crippen molar-refractivity contribution in [1.82, 2.24) is 4.90 Å². The van der Waals surface area contributed by atoms with E-state index in [0.717, 1.165) is 16.7 Å². The van der Waals surface area contributed by atoms with E-state index in [4.69, 9.17) is 37.4 Å². The number of likely N-dealkylation sites (N-methyl/N-ethyl adjacent to an activating group) is 1. The number of halogens is 2. The minimum Gasteiger partial charge on any atom is -0.489 e. The van der Waals surface area contributed by atoms with E-state index in [-0.39, 0.29) is 18.9 Å². The molecule has 5 rings (SSSR count). The van der Waals surface area contributed by atoms with Crippen molar-refractivity contribution < 1.29 is 33.7 Å². The van der Waals surface area contributed by atoms with Gasteiger partial charge in [0.2, 0.25) is 6.10 Å². The van der Waals surface area contributed by atoms with Crippen LogP contribution in [0.15, 0.2) is 54.6 Å². The molecular formula is C31H30Cl2N2O7. The van der Waals surface area contributed by atoms with Crippen LogP contribution in [-0.4, -0.2) is 46.7 Å². The van der Waals surface area contributed by atoms with E-state index in [2.05, 4.69) is 0 Å². The van der Waals surface area contributed by atoms with Gasteiger partial charge in [0.15, 0.2) is 0 Å². The molecule has 1 N–H and O–H groups in total. The average Bonchev–Trinajstić information content (AvgIpc) is 2.93. The van der Waals surface area contributed by atoms with Gasteiger partial charge in [-0.15, -0.1) is 0 Å². The summed E-state index contributed by atoms with van der Waals surface area (Å²) < 4.78 is 17.5. The number of hydrogen-bond acceptors (Lipinski definition) is 6. The first-order valence-corrected chi connectivity index (χ1v) is 14.1. The number of ether oxygens (including phenoxy) is 3. The Morgan fingerprint density at radius 1 is 1.02 bits per heavy atom. The van der Waals surface area contributed by atoms with Crippen LogP contribution in [0.25, 0.3) is 0 Å². The SMILES string of the molecule is CN1C(=O)[C@H](c2ccc(OCc3ccc(Cl)c(Cl)c3)cc2)Oc2cc3c(cc21)C[C@@H](C(=O)O)N(C(=O)OC(C)(C)C)C3. The van der Waals surface area contributed by atoms with Crippen molar-refractivity contribution >= 4 is 46.9 Å². The maximum atomic E-state index is 13.3. The lowest BCUT2D eigenvalue weighted by molar-refractivity contribution is -0.143. The minimum absolute atomic E-state index is 0.0328. The molecule has 3 aromatic carbocycles. The molecule has 0 saturated carbocycles. The van der Waals surface area contributed by atoms with Crippen LogP contribution >= 0.6 is 23.2 Å². The molecule has 11 heteroatoms. The molecule has 2 amide bonds. The van der Waals surface area contributed by atoms with Gasteiger partial charge in [0.1, 0.15) is 29.7 Å². The highest BCUT2D eigenvalue weighted by molar-refractivity contribution is 6.42. The molecule has 2 aliphatic rings. The molecule has 9 nitrogen and oxygen atoms in total. The van der Waals surface area contributed by atoms with Crippen LogP contribution in [0.3, 0.4) is 0 Å². The molecule has 0 radical (unpaired) electrons. The van der Waals surface area contributed by atoms with E-state index in [1.807, 2.05) is 6.07 Å². The third kappa shape index (κ3) is 6.12. The number of carboxylic acid groups (broad SMARTS) is 1. The van der Waals surface area contributed by atoms with Crippen molar-refractivity contribution in [2.24, 2.45) is 0 Å². The summed E-state index contributed by atoms with van der Waals surface area (Å²) in [4.78, 5) is 41.0. The number of amides is 2. The third-order valence-corrected chi connectivity index (χ3v) is 7.80. The zero-order valence-electron chi connectivity index (χ0n) is 23.5. The number of carboxylic acids is 1. The number of benzene rings is 3. The highest BCUT2D eigenvalue weighted by atomic mass is 35.5. The number of anilines is 1. The Morgan fingerprint density at radius 2 is 1.74 bits per heavy atom. The lowest BCUT2D eigenvalue weighted by Gasteiger charge is -2.38. The van der Waals surface area contributed by atoms with Gasteiger partial charge in [-0.1, -0.05) is 41.4 Å². The third-order valence-electron chi connectivity index (χ3n) is 7.06. The fraction of sp³-hybridized carbons (Fsp3) is 0.323. The summed E-state index contributed by atoms with van der Waals surface area (Å²) in [5.41, 5.74) is 2.71. The van der Waals surface area contributed by atoms with Gasteiger partial charge in [-0.05, 0) is 73.9 Å². The van der Waals surface area contributed by atoms with Crippen LogP contribution in [0.5, 0.6) is 11.5 Å². The zero-order chi connectivity index (χ0) is 30.3. The van der Waals surface area contributed by atoms with Gasteiger partial charge in [-0.2, -0.15) is 0 Å². The van der Waals surface area contributed by atoms with E-state index in [9.17, 15) is 19.5 Å². The number of carbonyl (C=O) groups excluding carboxylic acids is 2. The molecule has 0 aliphatic carbocycles. The summed E-state index contributed by atoms with van der Waals surface area (Å²) in [5.74, 6) is -0.341. The van der Waals surface area contributed by atoms with E-state index in [0.29, 0.717) is 39.4 Å². The number of hydrogen-bond donors (Lipinski definition) is 1. The summed E-state index contributed by atoms with van der Waals surface area (Å²) in [6.07, 6.45) is -1.53. The van der Waals surface area contributed by atoms with Crippen LogP contribution in [0, 0.1) is 0 Å². The van der Waals surface area contributed by atoms with Crippen LogP contribution in [0.1, 0.15) is 49.1 Å². The predicted molar refractivity (Wildman–Crippen MR) is 157 cm³/mol. The lowest BCUT2D eigenvalue weighted by Crippen LogP contribution is -2.50. The second-order valence-electron chi connectivity index (χ2n) is 11.3. The van der Waals surface area contributed by atoms with Gasteiger partial charge in [0.05, 0.1) is 22.3 Å². The summed E-state index contributed by atoms with van der Waals surface area (Å²) >= 11 is 12.1. The first-order chi connectivity index (χ1) is 19.8. The number of rotatable bonds is 5. The zero-order valence-corrected chi connectivity index (χ0v) is 25.0. The molecule has 0 bridgehead atoms. The quantitative estimate of drug-likeness (QED) is 0.354. The highest BCUT2D eigenvalue weighted by Crippen LogP contribution is 2.42.